The fourth-order valence-electron chi connectivity index (χ4n) is 11.1. The van der Waals surface area contributed by atoms with Crippen LogP contribution in [0.2, 0.25) is 0 Å². The van der Waals surface area contributed by atoms with E-state index in [0.717, 1.165) is 90.0 Å². The number of likely N-dealkylation sites (tertiary alicyclic amines) is 1. The fraction of sp³-hybridized carbons (Fsp3) is 1.00. The molecule has 10 atom stereocenters. The number of aliphatic hydroxyl groups is 2. The van der Waals surface area contributed by atoms with Crippen molar-refractivity contribution in [2.24, 2.45) is 34.5 Å². The molecule has 3 heterocycles. The zero-order chi connectivity index (χ0) is 26.3. The highest BCUT2D eigenvalue weighted by Crippen LogP contribution is 2.66. The Kier molecular flexibility index (Phi) is 6.75. The van der Waals surface area contributed by atoms with Gasteiger partial charge in [0.15, 0.2) is 5.79 Å². The van der Waals surface area contributed by atoms with E-state index in [1.54, 1.807) is 0 Å². The largest absolute Gasteiger partial charge is 0.391 e. The number of hydrogen-bond acceptors (Lipinski definition) is 7. The fourth-order valence-corrected chi connectivity index (χ4v) is 11.1. The number of piperazine rings is 1. The Bertz CT molecular complexity index is 865. The number of aliphatic hydroxyl groups excluding tert-OH is 2. The summed E-state index contributed by atoms with van der Waals surface area (Å²) < 4.78 is 12.0. The molecule has 7 fully saturated rings. The quantitative estimate of drug-likeness (QED) is 0.568. The molecule has 7 nitrogen and oxygen atoms in total. The standard InChI is InChI=1S/C31H53N3O4/c1-29-7-6-23-22(24(29)19-25(28(29)36)34-14-12-32(3)13-15-34)5-4-21-18-27(35)26(20-30(21,23)2)33-10-8-31(9-11-33)37-16-17-38-31/h21-28,35-36H,4-20H2,1-3H3/t21-,22+,23-,24-,25-,26-,27-,28-,29-,30-/m0/s1. The Morgan fingerprint density at radius 1 is 0.711 bits per heavy atom. The van der Waals surface area contributed by atoms with Gasteiger partial charge in [-0.3, -0.25) is 9.80 Å². The van der Waals surface area contributed by atoms with Crippen molar-refractivity contribution in [1.29, 1.82) is 0 Å². The molecule has 0 aromatic heterocycles. The van der Waals surface area contributed by atoms with Crippen LogP contribution in [-0.2, 0) is 9.47 Å². The molecule has 0 amide bonds. The third-order valence-electron chi connectivity index (χ3n) is 13.5. The average Bonchev–Trinajstić information content (AvgIpc) is 3.47. The van der Waals surface area contributed by atoms with Crippen LogP contribution in [0.15, 0.2) is 0 Å². The number of hydrogen-bond donors (Lipinski definition) is 2. The number of piperidine rings is 1. The lowest BCUT2D eigenvalue weighted by Gasteiger charge is -2.62. The summed E-state index contributed by atoms with van der Waals surface area (Å²) in [7, 11) is 2.22. The average molecular weight is 532 g/mol. The van der Waals surface area contributed by atoms with Gasteiger partial charge in [0.05, 0.1) is 25.4 Å². The topological polar surface area (TPSA) is 68.6 Å². The minimum atomic E-state index is -0.351. The summed E-state index contributed by atoms with van der Waals surface area (Å²) >= 11 is 0. The monoisotopic (exact) mass is 531 g/mol. The molecule has 0 radical (unpaired) electrons. The van der Waals surface area contributed by atoms with Gasteiger partial charge in [0.2, 0.25) is 0 Å². The van der Waals surface area contributed by atoms with Gasteiger partial charge >= 0.3 is 0 Å². The number of likely N-dealkylation sites (N-methyl/N-ethyl adjacent to an activating group) is 1. The third-order valence-corrected chi connectivity index (χ3v) is 13.5. The lowest BCUT2D eigenvalue weighted by molar-refractivity contribution is -0.200. The van der Waals surface area contributed by atoms with Crippen LogP contribution in [0.1, 0.15) is 71.6 Å². The number of ether oxygens (including phenoxy) is 2. The van der Waals surface area contributed by atoms with E-state index in [1.807, 2.05) is 0 Å². The highest BCUT2D eigenvalue weighted by molar-refractivity contribution is 5.14. The van der Waals surface area contributed by atoms with E-state index in [9.17, 15) is 10.2 Å². The molecule has 2 N–H and O–H groups in total. The Morgan fingerprint density at radius 3 is 2.11 bits per heavy atom. The second-order valence-corrected chi connectivity index (χ2v) is 15.0. The highest BCUT2D eigenvalue weighted by atomic mass is 16.7. The van der Waals surface area contributed by atoms with Gasteiger partial charge in [0.1, 0.15) is 0 Å². The van der Waals surface area contributed by atoms with Crippen molar-refractivity contribution in [3.63, 3.8) is 0 Å². The van der Waals surface area contributed by atoms with Crippen LogP contribution in [0.5, 0.6) is 0 Å². The van der Waals surface area contributed by atoms with Crippen molar-refractivity contribution >= 4 is 0 Å². The minimum Gasteiger partial charge on any atom is -0.391 e. The minimum absolute atomic E-state index is 0.0639. The zero-order valence-electron chi connectivity index (χ0n) is 24.2. The SMILES string of the molecule is CN1CCN([C@H]2C[C@H]3[C@@H]4CC[C@H]5C[C@H](O)[C@@H](N6CCC7(CC6)OCCO7)C[C@]5(C)[C@H]4CC[C@]3(C)[C@H]2O)CC1. The molecular weight excluding hydrogens is 478 g/mol. The van der Waals surface area contributed by atoms with Crippen molar-refractivity contribution in [2.75, 3.05) is 59.5 Å². The Morgan fingerprint density at radius 2 is 1.39 bits per heavy atom. The summed E-state index contributed by atoms with van der Waals surface area (Å²) in [6.07, 6.45) is 9.70. The number of nitrogens with zero attached hydrogens (tertiary/aromatic N) is 3. The molecule has 216 valence electrons. The van der Waals surface area contributed by atoms with E-state index in [-0.39, 0.29) is 29.5 Å². The molecule has 7 heteroatoms. The second kappa shape index (κ2) is 9.64. The van der Waals surface area contributed by atoms with E-state index in [0.29, 0.717) is 23.3 Å². The molecule has 0 unspecified atom stereocenters. The summed E-state index contributed by atoms with van der Waals surface area (Å²) in [6, 6.07) is 0.596. The van der Waals surface area contributed by atoms with Crippen LogP contribution in [0.3, 0.4) is 0 Å². The van der Waals surface area contributed by atoms with Gasteiger partial charge in [-0.2, -0.15) is 0 Å². The molecule has 3 saturated heterocycles. The van der Waals surface area contributed by atoms with Gasteiger partial charge in [0.25, 0.3) is 0 Å². The molecule has 1 spiro atoms. The molecule has 7 rings (SSSR count). The Labute approximate surface area is 230 Å². The molecule has 38 heavy (non-hydrogen) atoms. The molecular formula is C31H53N3O4. The van der Waals surface area contributed by atoms with Crippen molar-refractivity contribution in [1.82, 2.24) is 14.7 Å². The van der Waals surface area contributed by atoms with Gasteiger partial charge in [0, 0.05) is 64.2 Å². The van der Waals surface area contributed by atoms with Gasteiger partial charge in [-0.1, -0.05) is 13.8 Å². The third kappa shape index (κ3) is 4.08. The molecule has 7 aliphatic rings. The van der Waals surface area contributed by atoms with Crippen LogP contribution in [0.4, 0.5) is 0 Å². The first kappa shape index (κ1) is 26.6. The molecule has 0 aromatic rings. The molecule has 0 aromatic carbocycles. The molecule has 4 saturated carbocycles. The Hall–Kier alpha value is -0.280. The Balaban J connectivity index is 1.08. The van der Waals surface area contributed by atoms with E-state index >= 15 is 0 Å². The second-order valence-electron chi connectivity index (χ2n) is 15.0. The van der Waals surface area contributed by atoms with Crippen LogP contribution in [0.25, 0.3) is 0 Å². The van der Waals surface area contributed by atoms with Gasteiger partial charge in [-0.15, -0.1) is 0 Å². The highest BCUT2D eigenvalue weighted by Gasteiger charge is 2.64. The van der Waals surface area contributed by atoms with Crippen LogP contribution >= 0.6 is 0 Å². The summed E-state index contributed by atoms with van der Waals surface area (Å²) in [6.45, 7) is 12.9. The number of fused-ring (bicyclic) bond motifs is 5. The molecule has 4 aliphatic carbocycles. The van der Waals surface area contributed by atoms with Gasteiger partial charge < -0.3 is 24.6 Å². The van der Waals surface area contributed by atoms with Crippen molar-refractivity contribution < 1.29 is 19.7 Å². The predicted molar refractivity (Wildman–Crippen MR) is 147 cm³/mol. The summed E-state index contributed by atoms with van der Waals surface area (Å²) in [5, 5.41) is 23.2. The summed E-state index contributed by atoms with van der Waals surface area (Å²) in [4.78, 5) is 7.64. The predicted octanol–water partition coefficient (Wildman–Crippen LogP) is 2.79. The molecule has 0 bridgehead atoms. The summed E-state index contributed by atoms with van der Waals surface area (Å²) in [5.74, 6) is 2.37. The number of rotatable bonds is 2. The smallest absolute Gasteiger partial charge is 0.170 e. The summed E-state index contributed by atoms with van der Waals surface area (Å²) in [5.41, 5.74) is 0.356. The van der Waals surface area contributed by atoms with Gasteiger partial charge in [-0.05, 0) is 86.5 Å². The maximum absolute atomic E-state index is 11.8. The lowest BCUT2D eigenvalue weighted by Crippen LogP contribution is -2.61. The lowest BCUT2D eigenvalue weighted by atomic mass is 9.44. The first-order valence-electron chi connectivity index (χ1n) is 16.0. The first-order valence-corrected chi connectivity index (χ1v) is 16.0. The van der Waals surface area contributed by atoms with E-state index in [1.165, 1.54) is 32.1 Å². The zero-order valence-corrected chi connectivity index (χ0v) is 24.2. The maximum atomic E-state index is 11.8. The maximum Gasteiger partial charge on any atom is 0.170 e. The normalized spacial score (nSPS) is 52.0. The van der Waals surface area contributed by atoms with E-state index < -0.39 is 0 Å². The molecule has 3 aliphatic heterocycles. The van der Waals surface area contributed by atoms with Crippen molar-refractivity contribution in [2.45, 2.75) is 102 Å². The van der Waals surface area contributed by atoms with E-state index in [4.69, 9.17) is 9.47 Å². The van der Waals surface area contributed by atoms with E-state index in [2.05, 4.69) is 35.6 Å². The van der Waals surface area contributed by atoms with Crippen LogP contribution in [0, 0.1) is 34.5 Å². The van der Waals surface area contributed by atoms with Crippen molar-refractivity contribution in [3.8, 4) is 0 Å². The van der Waals surface area contributed by atoms with Crippen LogP contribution in [-0.4, -0.2) is 115 Å². The van der Waals surface area contributed by atoms with Gasteiger partial charge in [-0.25, -0.2) is 0 Å². The van der Waals surface area contributed by atoms with Crippen molar-refractivity contribution in [3.05, 3.63) is 0 Å². The van der Waals surface area contributed by atoms with Crippen LogP contribution < -0.4 is 0 Å². The first-order chi connectivity index (χ1) is 18.2.